The Morgan fingerprint density at radius 2 is 0.577 bits per heavy atom. The van der Waals surface area contributed by atoms with Crippen molar-refractivity contribution in [3.63, 3.8) is 0 Å². The first-order valence-electron chi connectivity index (χ1n) is 11.0. The number of hydrogen-bond acceptors (Lipinski definition) is 4. The van der Waals surface area contributed by atoms with E-state index >= 15 is 0 Å². The molecule has 4 nitrogen and oxygen atoms in total. The van der Waals surface area contributed by atoms with Crippen LogP contribution in [0.25, 0.3) is 0 Å². The zero-order chi connectivity index (χ0) is 19.0. The number of rotatable bonds is 23. The molecule has 0 atom stereocenters. The largest absolute Gasteiger partial charge is 0.359 e. The van der Waals surface area contributed by atoms with Gasteiger partial charge in [-0.05, 0) is 12.8 Å². The molecule has 0 amide bonds. The highest BCUT2D eigenvalue weighted by Crippen LogP contribution is 2.13. The van der Waals surface area contributed by atoms with Gasteiger partial charge in [0.05, 0.1) is 0 Å². The fourth-order valence-corrected chi connectivity index (χ4v) is 3.17. The first-order valence-corrected chi connectivity index (χ1v) is 11.0. The van der Waals surface area contributed by atoms with Gasteiger partial charge in [-0.15, -0.1) is 0 Å². The Hall–Kier alpha value is -0.160. The van der Waals surface area contributed by atoms with Crippen LogP contribution in [0.15, 0.2) is 0 Å². The van der Waals surface area contributed by atoms with Gasteiger partial charge < -0.3 is 18.9 Å². The van der Waals surface area contributed by atoms with Crippen molar-refractivity contribution >= 4 is 0 Å². The van der Waals surface area contributed by atoms with E-state index in [0.29, 0.717) is 13.6 Å². The molecule has 0 fully saturated rings. The zero-order valence-corrected chi connectivity index (χ0v) is 17.8. The molecule has 0 aliphatic carbocycles. The van der Waals surface area contributed by atoms with E-state index in [1.807, 2.05) is 0 Å². The van der Waals surface area contributed by atoms with Gasteiger partial charge in [0.25, 0.3) is 0 Å². The van der Waals surface area contributed by atoms with E-state index in [9.17, 15) is 0 Å². The van der Waals surface area contributed by atoms with Gasteiger partial charge in [-0.1, -0.05) is 89.9 Å². The molecule has 0 N–H and O–H groups in total. The van der Waals surface area contributed by atoms with Gasteiger partial charge in [0.15, 0.2) is 0 Å². The quantitative estimate of drug-likeness (QED) is 0.152. The van der Waals surface area contributed by atoms with Crippen molar-refractivity contribution < 1.29 is 18.9 Å². The SMILES string of the molecule is COCOCCCCCCCCCCCCCCCCCCOCOC. The molecule has 0 rings (SSSR count). The van der Waals surface area contributed by atoms with Gasteiger partial charge >= 0.3 is 0 Å². The number of methoxy groups -OCH3 is 2. The lowest BCUT2D eigenvalue weighted by Gasteiger charge is -2.04. The minimum Gasteiger partial charge on any atom is -0.359 e. The molecule has 26 heavy (non-hydrogen) atoms. The van der Waals surface area contributed by atoms with Crippen LogP contribution in [0, 0.1) is 0 Å². The molecule has 0 unspecified atom stereocenters. The Bertz CT molecular complexity index is 212. The van der Waals surface area contributed by atoms with Crippen LogP contribution in [0.4, 0.5) is 0 Å². The fraction of sp³-hybridized carbons (Fsp3) is 1.00. The number of unbranched alkanes of at least 4 members (excludes halogenated alkanes) is 15. The van der Waals surface area contributed by atoms with E-state index in [1.165, 1.54) is 103 Å². The lowest BCUT2D eigenvalue weighted by Crippen LogP contribution is -1.98. The number of ether oxygens (including phenoxy) is 4. The van der Waals surface area contributed by atoms with Crippen LogP contribution in [-0.4, -0.2) is 41.0 Å². The topological polar surface area (TPSA) is 36.9 Å². The van der Waals surface area contributed by atoms with Gasteiger partial charge in [0.1, 0.15) is 13.6 Å². The maximum absolute atomic E-state index is 5.29. The Balaban J connectivity index is 2.95. The second-order valence-corrected chi connectivity index (χ2v) is 7.29. The van der Waals surface area contributed by atoms with Crippen molar-refractivity contribution in [2.75, 3.05) is 41.0 Å². The Morgan fingerprint density at radius 3 is 0.808 bits per heavy atom. The van der Waals surface area contributed by atoms with E-state index in [1.54, 1.807) is 14.2 Å². The molecular formula is C22H46O4. The first kappa shape index (κ1) is 25.8. The summed E-state index contributed by atoms with van der Waals surface area (Å²) in [4.78, 5) is 0. The van der Waals surface area contributed by atoms with Crippen LogP contribution < -0.4 is 0 Å². The molecule has 0 saturated carbocycles. The van der Waals surface area contributed by atoms with Crippen LogP contribution in [0.2, 0.25) is 0 Å². The van der Waals surface area contributed by atoms with Crippen molar-refractivity contribution in [2.24, 2.45) is 0 Å². The third-order valence-electron chi connectivity index (χ3n) is 4.73. The van der Waals surface area contributed by atoms with Crippen LogP contribution >= 0.6 is 0 Å². The second kappa shape index (κ2) is 24.8. The summed E-state index contributed by atoms with van der Waals surface area (Å²) in [6.07, 6.45) is 21.8. The highest BCUT2D eigenvalue weighted by Gasteiger charge is 1.95. The standard InChI is InChI=1S/C22H46O4/c1-23-21-25-19-17-15-13-11-9-7-5-3-4-6-8-10-12-14-16-18-20-26-22-24-2/h3-22H2,1-2H3. The zero-order valence-electron chi connectivity index (χ0n) is 17.8. The van der Waals surface area contributed by atoms with Crippen molar-refractivity contribution in [3.05, 3.63) is 0 Å². The second-order valence-electron chi connectivity index (χ2n) is 7.29. The molecule has 0 aromatic rings. The summed E-state index contributed by atoms with van der Waals surface area (Å²) < 4.78 is 20.3. The summed E-state index contributed by atoms with van der Waals surface area (Å²) in [5.41, 5.74) is 0. The molecular weight excluding hydrogens is 328 g/mol. The van der Waals surface area contributed by atoms with Crippen LogP contribution in [-0.2, 0) is 18.9 Å². The predicted molar refractivity (Wildman–Crippen MR) is 110 cm³/mol. The molecule has 0 spiro atoms. The lowest BCUT2D eigenvalue weighted by molar-refractivity contribution is -0.0317. The van der Waals surface area contributed by atoms with Crippen molar-refractivity contribution in [2.45, 2.75) is 103 Å². The van der Waals surface area contributed by atoms with E-state index in [2.05, 4.69) is 0 Å². The van der Waals surface area contributed by atoms with E-state index in [4.69, 9.17) is 18.9 Å². The number of hydrogen-bond donors (Lipinski definition) is 0. The van der Waals surface area contributed by atoms with Crippen molar-refractivity contribution in [1.82, 2.24) is 0 Å². The molecule has 0 heterocycles. The van der Waals surface area contributed by atoms with Gasteiger partial charge in [0, 0.05) is 27.4 Å². The maximum atomic E-state index is 5.29. The Labute approximate surface area is 163 Å². The first-order chi connectivity index (χ1) is 12.9. The van der Waals surface area contributed by atoms with Gasteiger partial charge in [-0.2, -0.15) is 0 Å². The Morgan fingerprint density at radius 1 is 0.346 bits per heavy atom. The maximum Gasteiger partial charge on any atom is 0.146 e. The van der Waals surface area contributed by atoms with Gasteiger partial charge in [-0.25, -0.2) is 0 Å². The van der Waals surface area contributed by atoms with Gasteiger partial charge in [-0.3, -0.25) is 0 Å². The molecule has 0 aliphatic rings. The molecule has 0 saturated heterocycles. The average Bonchev–Trinajstić information content (AvgIpc) is 2.66. The summed E-state index contributed by atoms with van der Waals surface area (Å²) in [6.45, 7) is 2.56. The van der Waals surface area contributed by atoms with Crippen LogP contribution in [0.3, 0.4) is 0 Å². The van der Waals surface area contributed by atoms with Crippen molar-refractivity contribution in [3.8, 4) is 0 Å². The Kier molecular flexibility index (Phi) is 24.7. The smallest absolute Gasteiger partial charge is 0.146 e. The molecule has 4 heteroatoms. The van der Waals surface area contributed by atoms with Crippen LogP contribution in [0.5, 0.6) is 0 Å². The lowest BCUT2D eigenvalue weighted by atomic mass is 10.0. The third kappa shape index (κ3) is 23.8. The summed E-state index contributed by atoms with van der Waals surface area (Å²) in [5, 5.41) is 0. The van der Waals surface area contributed by atoms with E-state index in [0.717, 1.165) is 13.2 Å². The fourth-order valence-electron chi connectivity index (χ4n) is 3.17. The molecule has 0 aliphatic heterocycles. The van der Waals surface area contributed by atoms with E-state index < -0.39 is 0 Å². The minimum absolute atomic E-state index is 0.435. The monoisotopic (exact) mass is 374 g/mol. The van der Waals surface area contributed by atoms with Gasteiger partial charge in [0.2, 0.25) is 0 Å². The highest BCUT2D eigenvalue weighted by atomic mass is 16.7. The minimum atomic E-state index is 0.435. The molecule has 158 valence electrons. The summed E-state index contributed by atoms with van der Waals surface area (Å²) in [6, 6.07) is 0. The molecule has 0 radical (unpaired) electrons. The molecule has 0 bridgehead atoms. The molecule has 0 aromatic carbocycles. The summed E-state index contributed by atoms with van der Waals surface area (Å²) >= 11 is 0. The normalized spacial score (nSPS) is 11.3. The van der Waals surface area contributed by atoms with Crippen molar-refractivity contribution in [1.29, 1.82) is 0 Å². The van der Waals surface area contributed by atoms with E-state index in [-0.39, 0.29) is 0 Å². The molecule has 0 aromatic heterocycles. The highest BCUT2D eigenvalue weighted by molar-refractivity contribution is 4.50. The summed E-state index contributed by atoms with van der Waals surface area (Å²) in [5.74, 6) is 0. The third-order valence-corrected chi connectivity index (χ3v) is 4.73. The summed E-state index contributed by atoms with van der Waals surface area (Å²) in [7, 11) is 3.34. The average molecular weight is 375 g/mol. The van der Waals surface area contributed by atoms with Crippen LogP contribution in [0.1, 0.15) is 103 Å². The predicted octanol–water partition coefficient (Wildman–Crippen LogP) is 6.47.